The Labute approximate surface area is 596 Å². The second kappa shape index (κ2) is 31.1. The minimum Gasteiger partial charge on any atom is -0.368 e. The third-order valence-electron chi connectivity index (χ3n) is 13.6. The standard InChI is InChI=1S/C54H54N24O22S6/c55-41(79)37(42(56)80)75-101(87,88)29-9-1-5-23(17-29)63-49-69-50(64-24-6-2-10-30(18-24)102(89,90)76-38(43(57)81)44(58)82)72-53(71-49)67-27-13-15-33(35(21-27)105(95,96)97)34-16-14-28(22-36(34)106(98,99)100)68-54-73-51(65-25-7-3-11-31(19-25)103(91,92)77-39(45(59)83)46(60)84)70-52(74-54)66-26-8-4-12-32(20-26)104(93,94)78-40(47(61)85)48(62)86/h1-22,37-40,75-78H,(H2,55,79)(H2,56,80)(H2,57,81)(H2,58,82)(H2,59,83)(H2,60,84)(H2,61,85)(H2,62,86)(H,95,96,97)(H,98,99,100)(H3,63,64,67,69,71,72)(H3,65,66,68,70,73,74). The maximum Gasteiger partial charge on any atom is 0.295 e. The van der Waals surface area contributed by atoms with Crippen molar-refractivity contribution in [2.24, 2.45) is 45.9 Å². The Morgan fingerprint density at radius 2 is 0.453 bits per heavy atom. The Morgan fingerprint density at radius 3 is 0.623 bits per heavy atom. The van der Waals surface area contributed by atoms with Crippen LogP contribution in [0.2, 0.25) is 0 Å². The van der Waals surface area contributed by atoms with E-state index in [-0.39, 0.29) is 34.1 Å². The van der Waals surface area contributed by atoms with Gasteiger partial charge in [-0.2, -0.15) is 65.6 Å². The third-order valence-corrected chi connectivity index (χ3v) is 21.0. The summed E-state index contributed by atoms with van der Waals surface area (Å²) in [4.78, 5) is 116. The van der Waals surface area contributed by atoms with Crippen molar-refractivity contribution in [3.05, 3.63) is 133 Å². The zero-order valence-electron chi connectivity index (χ0n) is 52.8. The van der Waals surface area contributed by atoms with Crippen molar-refractivity contribution >= 4 is 177 Å². The zero-order valence-corrected chi connectivity index (χ0v) is 57.7. The number of nitrogens with zero attached hydrogens (tertiary/aromatic N) is 6. The van der Waals surface area contributed by atoms with Crippen LogP contribution in [0.3, 0.4) is 0 Å². The molecule has 0 saturated carbocycles. The van der Waals surface area contributed by atoms with Crippen molar-refractivity contribution in [2.75, 3.05) is 31.9 Å². The maximum absolute atomic E-state index is 13.4. The molecule has 106 heavy (non-hydrogen) atoms. The zero-order chi connectivity index (χ0) is 78.3. The molecule has 0 unspecified atom stereocenters. The Balaban J connectivity index is 1.18. The van der Waals surface area contributed by atoms with E-state index in [2.05, 4.69) is 61.8 Å². The maximum atomic E-state index is 13.4. The van der Waals surface area contributed by atoms with Gasteiger partial charge in [-0.25, -0.2) is 33.7 Å². The molecule has 46 nitrogen and oxygen atoms in total. The van der Waals surface area contributed by atoms with Crippen LogP contribution in [-0.4, -0.2) is 161 Å². The fourth-order valence-corrected chi connectivity index (χ4v) is 15.2. The number of hydrogen-bond acceptors (Lipinski definition) is 32. The number of aromatic nitrogens is 6. The van der Waals surface area contributed by atoms with Gasteiger partial charge in [-0.05, 0) is 97.1 Å². The molecule has 558 valence electrons. The molecule has 0 aliphatic heterocycles. The first-order valence-electron chi connectivity index (χ1n) is 28.5. The lowest BCUT2D eigenvalue weighted by molar-refractivity contribution is -0.129. The van der Waals surface area contributed by atoms with Gasteiger partial charge in [-0.1, -0.05) is 36.4 Å². The molecule has 52 heteroatoms. The van der Waals surface area contributed by atoms with Crippen molar-refractivity contribution in [1.82, 2.24) is 48.8 Å². The van der Waals surface area contributed by atoms with Gasteiger partial charge in [0.1, 0.15) is 9.79 Å². The van der Waals surface area contributed by atoms with Crippen molar-refractivity contribution in [1.29, 1.82) is 0 Å². The summed E-state index contributed by atoms with van der Waals surface area (Å²) in [7, 11) is -30.1. The average Bonchev–Trinajstić information content (AvgIpc) is 0.756. The van der Waals surface area contributed by atoms with E-state index >= 15 is 0 Å². The van der Waals surface area contributed by atoms with Gasteiger partial charge in [0.05, 0.1) is 19.6 Å². The van der Waals surface area contributed by atoms with E-state index in [1.165, 1.54) is 48.5 Å². The van der Waals surface area contributed by atoms with Crippen LogP contribution >= 0.6 is 0 Å². The number of anilines is 12. The summed E-state index contributed by atoms with van der Waals surface area (Å²) in [5, 5.41) is 16.0. The Kier molecular flexibility index (Phi) is 23.2. The molecular weight excluding hydrogens is 1530 g/mol. The molecule has 0 atom stereocenters. The minimum atomic E-state index is -5.50. The van der Waals surface area contributed by atoms with Crippen molar-refractivity contribution in [3.8, 4) is 11.1 Å². The number of primary amides is 8. The number of hydrogen-bond donors (Lipinski definition) is 20. The van der Waals surface area contributed by atoms with Crippen molar-refractivity contribution in [3.63, 3.8) is 0 Å². The summed E-state index contributed by atoms with van der Waals surface area (Å²) in [5.41, 5.74) is 38.6. The molecule has 28 N–H and O–H groups in total. The number of rotatable bonds is 35. The number of amides is 8. The number of nitrogens with two attached hydrogens (primary N) is 8. The molecular formula is C54H54N24O22S6. The molecule has 0 radical (unpaired) electrons. The van der Waals surface area contributed by atoms with Crippen molar-refractivity contribution < 1.29 is 98.0 Å². The molecule has 0 aliphatic rings. The Bertz CT molecular complexity index is 5030. The SMILES string of the molecule is NC(=O)C(NS(=O)(=O)c1cccc(Nc2nc(Nc3cccc(S(=O)(=O)NC(C(N)=O)C(N)=O)c3)nc(Nc3ccc(-c4ccc(Nc5nc(Nc6cccc(S(=O)(=O)NC(C(N)=O)C(N)=O)c6)nc(Nc6cccc(S(=O)(=O)NC(C(N)=O)C(N)=O)c6)n5)cc4S(=O)(=O)O)c(S(=O)(=O)O)c3)n2)c1)C(N)=O. The van der Waals surface area contributed by atoms with Crippen LogP contribution in [0.5, 0.6) is 0 Å². The summed E-state index contributed by atoms with van der Waals surface area (Å²) in [6.45, 7) is 0. The van der Waals surface area contributed by atoms with E-state index in [9.17, 15) is 98.0 Å². The Morgan fingerprint density at radius 1 is 0.274 bits per heavy atom. The lowest BCUT2D eigenvalue weighted by atomic mass is 10.0. The number of carbonyl (C=O) groups is 8. The lowest BCUT2D eigenvalue weighted by Gasteiger charge is -2.16. The summed E-state index contributed by atoms with van der Waals surface area (Å²) in [6, 6.07) is 14.3. The predicted molar refractivity (Wildman–Crippen MR) is 367 cm³/mol. The first-order valence-corrected chi connectivity index (χ1v) is 37.3. The van der Waals surface area contributed by atoms with E-state index in [1.54, 1.807) is 18.9 Å². The van der Waals surface area contributed by atoms with E-state index in [0.29, 0.717) is 0 Å². The molecule has 0 bridgehead atoms. The summed E-state index contributed by atoms with van der Waals surface area (Å²) in [5.74, 6) is -14.8. The van der Waals surface area contributed by atoms with E-state index < -0.39 is 208 Å². The van der Waals surface area contributed by atoms with E-state index in [1.807, 2.05) is 0 Å². The number of benzene rings is 6. The van der Waals surface area contributed by atoms with Gasteiger partial charge in [0.2, 0.25) is 123 Å². The molecule has 8 amide bonds. The molecule has 0 aliphatic carbocycles. The number of nitrogens with one attached hydrogen (secondary N) is 10. The molecule has 0 saturated heterocycles. The smallest absolute Gasteiger partial charge is 0.295 e. The first kappa shape index (κ1) is 79.1. The number of carbonyl (C=O) groups excluding carboxylic acids is 8. The highest BCUT2D eigenvalue weighted by molar-refractivity contribution is 7.90. The fraction of sp³-hybridized carbons (Fsp3) is 0.0741. The van der Waals surface area contributed by atoms with Gasteiger partial charge in [0.15, 0.2) is 24.2 Å². The summed E-state index contributed by atoms with van der Waals surface area (Å²) >= 11 is 0. The second-order valence-corrected chi connectivity index (χ2v) is 30.9. The highest BCUT2D eigenvalue weighted by Gasteiger charge is 2.34. The molecule has 0 fully saturated rings. The molecule has 8 aromatic rings. The molecule has 2 aromatic heterocycles. The van der Waals surface area contributed by atoms with E-state index in [0.717, 1.165) is 84.9 Å². The highest BCUT2D eigenvalue weighted by atomic mass is 32.2. The molecule has 2 heterocycles. The molecule has 8 rings (SSSR count). The van der Waals surface area contributed by atoms with E-state index in [4.69, 9.17) is 45.9 Å². The highest BCUT2D eigenvalue weighted by Crippen LogP contribution is 2.37. The second-order valence-electron chi connectivity index (χ2n) is 21.3. The van der Waals surface area contributed by atoms with Crippen LogP contribution in [0.15, 0.2) is 163 Å². The molecule has 6 aromatic carbocycles. The van der Waals surface area contributed by atoms with Crippen LogP contribution in [-0.2, 0) is 98.7 Å². The largest absolute Gasteiger partial charge is 0.368 e. The fourth-order valence-electron chi connectivity index (χ4n) is 8.82. The van der Waals surface area contributed by atoms with Gasteiger partial charge >= 0.3 is 0 Å². The van der Waals surface area contributed by atoms with Crippen LogP contribution < -0.4 is 96.7 Å². The minimum absolute atomic E-state index is 0.155. The third kappa shape index (κ3) is 20.0. The topological polar surface area (TPSA) is 788 Å². The average molecular weight is 1580 g/mol. The van der Waals surface area contributed by atoms with Gasteiger partial charge in [0, 0.05) is 45.3 Å². The quantitative estimate of drug-likeness (QED) is 0.0131. The molecule has 0 spiro atoms. The normalized spacial score (nSPS) is 12.1. The number of sulfonamides is 4. The van der Waals surface area contributed by atoms with Crippen LogP contribution in [0.1, 0.15) is 0 Å². The van der Waals surface area contributed by atoms with Gasteiger partial charge < -0.3 is 77.8 Å². The van der Waals surface area contributed by atoms with Gasteiger partial charge in [-0.3, -0.25) is 47.5 Å². The summed E-state index contributed by atoms with van der Waals surface area (Å²) in [6.07, 6.45) is 0. The van der Waals surface area contributed by atoms with Crippen LogP contribution in [0.4, 0.5) is 69.8 Å². The van der Waals surface area contributed by atoms with Gasteiger partial charge in [0.25, 0.3) is 20.2 Å². The Hall–Kier alpha value is -12.6. The first-order chi connectivity index (χ1) is 49.3. The van der Waals surface area contributed by atoms with Crippen molar-refractivity contribution in [2.45, 2.75) is 53.5 Å². The summed E-state index contributed by atoms with van der Waals surface area (Å²) < 4.78 is 189. The van der Waals surface area contributed by atoms with Crippen LogP contribution in [0.25, 0.3) is 11.1 Å². The van der Waals surface area contributed by atoms with Crippen LogP contribution in [0, 0.1) is 0 Å². The lowest BCUT2D eigenvalue weighted by Crippen LogP contribution is -2.52. The predicted octanol–water partition coefficient (Wildman–Crippen LogP) is -4.85. The monoisotopic (exact) mass is 1580 g/mol. The van der Waals surface area contributed by atoms with Gasteiger partial charge in [-0.15, -0.1) is 0 Å².